The van der Waals surface area contributed by atoms with Gasteiger partial charge in [0, 0.05) is 0 Å². The first kappa shape index (κ1) is 7.09. The van der Waals surface area contributed by atoms with Gasteiger partial charge in [-0.1, -0.05) is 12.1 Å². The van der Waals surface area contributed by atoms with Gasteiger partial charge in [-0.15, -0.1) is 0 Å². The number of aliphatic hydroxyl groups is 1. The zero-order valence-corrected chi connectivity index (χ0v) is 5.83. The van der Waals surface area contributed by atoms with Crippen LogP contribution in [-0.4, -0.2) is 5.11 Å². The predicted molar refractivity (Wildman–Crippen MR) is 39.8 cm³/mol. The fourth-order valence-corrected chi connectivity index (χ4v) is 0.762. The highest BCUT2D eigenvalue weighted by Crippen LogP contribution is 2.13. The van der Waals surface area contributed by atoms with Crippen LogP contribution in [0.15, 0.2) is 24.3 Å². The molecule has 0 aliphatic rings. The Morgan fingerprint density at radius 3 is 2.20 bits per heavy atom. The summed E-state index contributed by atoms with van der Waals surface area (Å²) in [4.78, 5) is 0. The summed E-state index contributed by atoms with van der Waals surface area (Å²) in [5.74, 6) is 0. The highest BCUT2D eigenvalue weighted by Gasteiger charge is 1.97. The van der Waals surface area contributed by atoms with Crippen LogP contribution in [0.5, 0.6) is 0 Å². The Labute approximate surface area is 60.3 Å². The maximum atomic E-state index is 9.05. The van der Waals surface area contributed by atoms with Gasteiger partial charge in [0.1, 0.15) is 0 Å². The average molecular weight is 136 g/mol. The Balaban J connectivity index is 2.89. The lowest BCUT2D eigenvalue weighted by Crippen LogP contribution is -1.88. The van der Waals surface area contributed by atoms with Gasteiger partial charge < -0.3 is 10.8 Å². The zero-order chi connectivity index (χ0) is 7.56. The highest BCUT2D eigenvalue weighted by molar-refractivity contribution is 5.36. The summed E-state index contributed by atoms with van der Waals surface area (Å²) in [7, 11) is 0. The lowest BCUT2D eigenvalue weighted by molar-refractivity contribution is 0.199. The van der Waals surface area contributed by atoms with Gasteiger partial charge in [0.15, 0.2) is 0 Å². The van der Waals surface area contributed by atoms with Crippen LogP contribution in [0.2, 0.25) is 0 Å². The summed E-state index contributed by atoms with van der Waals surface area (Å²) in [6.45, 7) is 1.71. The third-order valence-corrected chi connectivity index (χ3v) is 1.39. The van der Waals surface area contributed by atoms with Crippen molar-refractivity contribution in [2.75, 3.05) is 0 Å². The quantitative estimate of drug-likeness (QED) is 0.626. The van der Waals surface area contributed by atoms with Crippen molar-refractivity contribution in [3.63, 3.8) is 0 Å². The Bertz CT molecular complexity index is 203. The smallest absolute Gasteiger partial charge is 0.0761 e. The molecule has 2 heteroatoms. The average Bonchev–Trinajstić information content (AvgIpc) is 1.88. The van der Waals surface area contributed by atoms with E-state index in [2.05, 4.69) is 0 Å². The first-order chi connectivity index (χ1) is 4.70. The van der Waals surface area contributed by atoms with Gasteiger partial charge in [-0.3, -0.25) is 0 Å². The van der Waals surface area contributed by atoms with Gasteiger partial charge >= 0.3 is 0 Å². The van der Waals surface area contributed by atoms with Gasteiger partial charge in [0.2, 0.25) is 0 Å². The van der Waals surface area contributed by atoms with E-state index in [1.165, 1.54) is 0 Å². The number of hydrogen-bond acceptors (Lipinski definition) is 1. The molecule has 1 aromatic carbocycles. The summed E-state index contributed by atoms with van der Waals surface area (Å²) >= 11 is 0. The van der Waals surface area contributed by atoms with Crippen LogP contribution in [0.1, 0.15) is 18.6 Å². The Morgan fingerprint density at radius 2 is 1.80 bits per heavy atom. The minimum atomic E-state index is -0.430. The van der Waals surface area contributed by atoms with Gasteiger partial charge in [0.05, 0.1) is 11.8 Å². The van der Waals surface area contributed by atoms with Crippen LogP contribution in [0, 0.1) is 0 Å². The Hall–Kier alpha value is -1.02. The maximum Gasteiger partial charge on any atom is 0.0761 e. The third kappa shape index (κ3) is 1.48. The van der Waals surface area contributed by atoms with E-state index in [1.807, 2.05) is 0 Å². The number of nitrogens with one attached hydrogen (secondary N) is 1. The van der Waals surface area contributed by atoms with Crippen LogP contribution in [0.3, 0.4) is 0 Å². The summed E-state index contributed by atoms with van der Waals surface area (Å²) in [6.07, 6.45) is -0.430. The van der Waals surface area contributed by atoms with Crippen LogP contribution in [0.4, 0.5) is 5.69 Å². The summed E-state index contributed by atoms with van der Waals surface area (Å²) in [5, 5.41) is 9.05. The van der Waals surface area contributed by atoms with Crippen molar-refractivity contribution in [2.45, 2.75) is 13.0 Å². The lowest BCUT2D eigenvalue weighted by Gasteiger charge is -2.02. The number of aliphatic hydroxyl groups excluding tert-OH is 1. The molecule has 0 fully saturated rings. The molecule has 0 bridgehead atoms. The molecule has 0 saturated heterocycles. The second-order valence-corrected chi connectivity index (χ2v) is 2.30. The van der Waals surface area contributed by atoms with Crippen molar-refractivity contribution >= 4 is 5.69 Å². The van der Waals surface area contributed by atoms with E-state index in [1.54, 1.807) is 31.2 Å². The topological polar surface area (TPSA) is 44.0 Å². The maximum absolute atomic E-state index is 9.05. The molecular weight excluding hydrogens is 126 g/mol. The van der Waals surface area contributed by atoms with Crippen LogP contribution < -0.4 is 5.73 Å². The molecule has 2 nitrogen and oxygen atoms in total. The van der Waals surface area contributed by atoms with Crippen molar-refractivity contribution in [1.29, 1.82) is 0 Å². The predicted octanol–water partition coefficient (Wildman–Crippen LogP) is 1.65. The van der Waals surface area contributed by atoms with Gasteiger partial charge in [-0.2, -0.15) is 0 Å². The molecule has 1 aromatic rings. The number of rotatable bonds is 1. The van der Waals surface area contributed by atoms with Crippen molar-refractivity contribution in [2.24, 2.45) is 0 Å². The zero-order valence-electron chi connectivity index (χ0n) is 5.83. The largest absolute Gasteiger partial charge is 0.389 e. The fraction of sp³-hybridized carbons (Fsp3) is 0.250. The molecule has 0 spiro atoms. The molecule has 1 unspecified atom stereocenters. The first-order valence-electron chi connectivity index (χ1n) is 3.20. The van der Waals surface area contributed by atoms with Crippen LogP contribution >= 0.6 is 0 Å². The number of benzene rings is 1. The summed E-state index contributed by atoms with van der Waals surface area (Å²) in [5.41, 5.74) is 8.48. The molecule has 10 heavy (non-hydrogen) atoms. The van der Waals surface area contributed by atoms with E-state index in [0.717, 1.165) is 5.56 Å². The molecule has 1 atom stereocenters. The van der Waals surface area contributed by atoms with Crippen molar-refractivity contribution < 1.29 is 5.11 Å². The summed E-state index contributed by atoms with van der Waals surface area (Å²) in [6, 6.07) is 6.85. The molecule has 0 aliphatic heterocycles. The molecule has 0 heterocycles. The minimum Gasteiger partial charge on any atom is -0.389 e. The van der Waals surface area contributed by atoms with E-state index >= 15 is 0 Å². The van der Waals surface area contributed by atoms with Crippen molar-refractivity contribution in [1.82, 2.24) is 5.73 Å². The standard InChI is InChI=1S/C8H10NO/c1-6(10)7-2-4-8(9)5-3-7/h2-6,9-10H,1H3. The SMILES string of the molecule is CC(O)c1ccc([NH])cc1. The van der Waals surface area contributed by atoms with Gasteiger partial charge in [-0.05, 0) is 24.6 Å². The van der Waals surface area contributed by atoms with E-state index in [0.29, 0.717) is 5.69 Å². The van der Waals surface area contributed by atoms with E-state index < -0.39 is 6.10 Å². The fourth-order valence-electron chi connectivity index (χ4n) is 0.762. The van der Waals surface area contributed by atoms with Crippen molar-refractivity contribution in [3.8, 4) is 0 Å². The lowest BCUT2D eigenvalue weighted by atomic mass is 10.1. The molecule has 53 valence electrons. The second-order valence-electron chi connectivity index (χ2n) is 2.30. The third-order valence-electron chi connectivity index (χ3n) is 1.39. The Morgan fingerprint density at radius 1 is 1.30 bits per heavy atom. The second kappa shape index (κ2) is 2.71. The molecule has 0 aromatic heterocycles. The molecular formula is C8H10NO. The van der Waals surface area contributed by atoms with E-state index in [9.17, 15) is 0 Å². The van der Waals surface area contributed by atoms with Crippen molar-refractivity contribution in [3.05, 3.63) is 29.8 Å². The van der Waals surface area contributed by atoms with Crippen LogP contribution in [-0.2, 0) is 0 Å². The molecule has 0 aliphatic carbocycles. The van der Waals surface area contributed by atoms with Gasteiger partial charge in [-0.25, -0.2) is 0 Å². The molecule has 0 amide bonds. The number of hydrogen-bond donors (Lipinski definition) is 1. The van der Waals surface area contributed by atoms with Crippen LogP contribution in [0.25, 0.3) is 0 Å². The van der Waals surface area contributed by atoms with E-state index in [4.69, 9.17) is 10.8 Å². The minimum absolute atomic E-state index is 0.430. The molecule has 1 rings (SSSR count). The Kier molecular flexibility index (Phi) is 1.92. The molecule has 1 radical (unpaired) electrons. The highest BCUT2D eigenvalue weighted by atomic mass is 16.3. The van der Waals surface area contributed by atoms with Gasteiger partial charge in [0.25, 0.3) is 0 Å². The normalized spacial score (nSPS) is 13.0. The summed E-state index contributed by atoms with van der Waals surface area (Å²) < 4.78 is 0. The molecule has 2 N–H and O–H groups in total. The first-order valence-corrected chi connectivity index (χ1v) is 3.20. The molecule has 0 saturated carbocycles. The van der Waals surface area contributed by atoms with E-state index in [-0.39, 0.29) is 0 Å². The monoisotopic (exact) mass is 136 g/mol.